The molecule has 0 fully saturated rings. The average molecular weight is 478 g/mol. The van der Waals surface area contributed by atoms with E-state index in [1.165, 1.54) is 0 Å². The molecule has 3 rings (SSSR count). The number of para-hydroxylation sites is 1. The molecular weight excluding hydrogens is 438 g/mol. The van der Waals surface area contributed by atoms with Crippen molar-refractivity contribution in [2.24, 2.45) is 5.92 Å². The van der Waals surface area contributed by atoms with Crippen molar-refractivity contribution >= 4 is 0 Å². The molecule has 188 valence electrons. The van der Waals surface area contributed by atoms with Crippen LogP contribution in [0.1, 0.15) is 44.9 Å². The highest BCUT2D eigenvalue weighted by Crippen LogP contribution is 2.33. The van der Waals surface area contributed by atoms with Gasteiger partial charge >= 0.3 is 0 Å². The summed E-state index contributed by atoms with van der Waals surface area (Å²) < 4.78 is 13.7. The number of allylic oxidation sites excluding steroid dienone is 1. The van der Waals surface area contributed by atoms with Crippen LogP contribution in [0.15, 0.2) is 67.3 Å². The Bertz CT molecular complexity index is 1050. The van der Waals surface area contributed by atoms with Crippen LogP contribution >= 0.6 is 0 Å². The van der Waals surface area contributed by atoms with E-state index in [0.717, 1.165) is 42.1 Å². The minimum atomic E-state index is -0.410. The lowest BCUT2D eigenvalue weighted by molar-refractivity contribution is 0.0951. The zero-order chi connectivity index (χ0) is 25.2. The summed E-state index contributed by atoms with van der Waals surface area (Å²) in [6.07, 6.45) is 3.73. The molecule has 6 nitrogen and oxygen atoms in total. The van der Waals surface area contributed by atoms with Crippen LogP contribution in [0, 0.1) is 5.92 Å². The van der Waals surface area contributed by atoms with Crippen molar-refractivity contribution in [3.05, 3.63) is 78.5 Å². The summed E-state index contributed by atoms with van der Waals surface area (Å²) >= 11 is 0. The zero-order valence-corrected chi connectivity index (χ0v) is 21.5. The van der Waals surface area contributed by atoms with E-state index in [1.807, 2.05) is 65.4 Å². The molecule has 1 heterocycles. The second kappa shape index (κ2) is 13.1. The Kier molecular flexibility index (Phi) is 9.94. The van der Waals surface area contributed by atoms with Crippen LogP contribution in [0.3, 0.4) is 0 Å². The number of aromatic nitrogens is 2. The van der Waals surface area contributed by atoms with E-state index in [2.05, 4.69) is 32.3 Å². The van der Waals surface area contributed by atoms with Gasteiger partial charge in [-0.1, -0.05) is 45.0 Å². The lowest BCUT2D eigenvalue weighted by Gasteiger charge is -2.27. The van der Waals surface area contributed by atoms with E-state index in [1.54, 1.807) is 7.11 Å². The first kappa shape index (κ1) is 26.5. The number of methoxy groups -OCH3 is 1. The molecule has 6 heteroatoms. The molecule has 0 spiro atoms. The topological polar surface area (TPSA) is 59.8 Å². The third-order valence-electron chi connectivity index (χ3n) is 5.81. The van der Waals surface area contributed by atoms with Gasteiger partial charge in [0.25, 0.3) is 0 Å². The fourth-order valence-electron chi connectivity index (χ4n) is 4.17. The molecule has 2 aromatic carbocycles. The van der Waals surface area contributed by atoms with Gasteiger partial charge in [0.05, 0.1) is 30.2 Å². The van der Waals surface area contributed by atoms with Crippen LogP contribution in [0.25, 0.3) is 5.69 Å². The number of nitrogens with zero attached hydrogens (tertiary/aromatic N) is 3. The number of hydrogen-bond donors (Lipinski definition) is 1. The van der Waals surface area contributed by atoms with E-state index in [-0.39, 0.29) is 0 Å². The Morgan fingerprint density at radius 1 is 1.06 bits per heavy atom. The van der Waals surface area contributed by atoms with Gasteiger partial charge in [-0.25, -0.2) is 4.68 Å². The lowest BCUT2D eigenvalue weighted by atomic mass is 10.1. The normalized spacial score (nSPS) is 12.2. The van der Waals surface area contributed by atoms with Gasteiger partial charge in [0.2, 0.25) is 5.88 Å². The highest BCUT2D eigenvalue weighted by atomic mass is 16.5. The molecule has 0 bridgehead atoms. The standard InChI is InChI=1S/C29H39N3O3/c1-6-8-14-24(33)20-31(19-22(3)4)21-27-28(7-2)30-32(23-12-10-9-11-13-23)29(27)35-26-17-15-25(34-5)16-18-26/h6,9-13,15-18,22,24,33H,1,7-8,14,19-21H2,2-5H3/t24-/m0/s1. The molecule has 0 aliphatic heterocycles. The monoisotopic (exact) mass is 477 g/mol. The van der Waals surface area contributed by atoms with Crippen molar-refractivity contribution in [2.45, 2.75) is 52.7 Å². The van der Waals surface area contributed by atoms with E-state index >= 15 is 0 Å². The molecule has 3 aromatic rings. The van der Waals surface area contributed by atoms with Crippen molar-refractivity contribution in [2.75, 3.05) is 20.2 Å². The summed E-state index contributed by atoms with van der Waals surface area (Å²) in [6.45, 7) is 12.4. The molecular formula is C29H39N3O3. The first-order valence-corrected chi connectivity index (χ1v) is 12.4. The zero-order valence-electron chi connectivity index (χ0n) is 21.5. The van der Waals surface area contributed by atoms with Crippen LogP contribution in [0.4, 0.5) is 0 Å². The molecule has 0 unspecified atom stereocenters. The average Bonchev–Trinajstić information content (AvgIpc) is 3.20. The van der Waals surface area contributed by atoms with Crippen molar-refractivity contribution in [3.63, 3.8) is 0 Å². The number of aliphatic hydroxyl groups excluding tert-OH is 1. The molecule has 0 amide bonds. The molecule has 0 radical (unpaired) electrons. The molecule has 0 saturated heterocycles. The number of aryl methyl sites for hydroxylation is 1. The van der Waals surface area contributed by atoms with Crippen molar-refractivity contribution in [1.82, 2.24) is 14.7 Å². The van der Waals surface area contributed by atoms with Crippen molar-refractivity contribution in [1.29, 1.82) is 0 Å². The summed E-state index contributed by atoms with van der Waals surface area (Å²) in [5, 5.41) is 15.6. The SMILES string of the molecule is C=CCC[C@H](O)CN(Cc1c(CC)nn(-c2ccccc2)c1Oc1ccc(OC)cc1)CC(C)C. The fourth-order valence-corrected chi connectivity index (χ4v) is 4.17. The Morgan fingerprint density at radius 2 is 1.74 bits per heavy atom. The van der Waals surface area contributed by atoms with Gasteiger partial charge in [-0.15, -0.1) is 6.58 Å². The fraction of sp³-hybridized carbons (Fsp3) is 0.414. The summed E-state index contributed by atoms with van der Waals surface area (Å²) in [4.78, 5) is 2.31. The molecule has 0 saturated carbocycles. The highest BCUT2D eigenvalue weighted by Gasteiger charge is 2.24. The summed E-state index contributed by atoms with van der Waals surface area (Å²) in [7, 11) is 1.65. The Balaban J connectivity index is 2.01. The maximum absolute atomic E-state index is 10.7. The second-order valence-electron chi connectivity index (χ2n) is 9.22. The third kappa shape index (κ3) is 7.44. The predicted octanol–water partition coefficient (Wildman–Crippen LogP) is 6.02. The van der Waals surface area contributed by atoms with Gasteiger partial charge < -0.3 is 14.6 Å². The van der Waals surface area contributed by atoms with Gasteiger partial charge in [0, 0.05) is 19.6 Å². The Hall–Kier alpha value is -3.09. The maximum atomic E-state index is 10.7. The first-order valence-electron chi connectivity index (χ1n) is 12.4. The Labute approximate surface area is 209 Å². The lowest BCUT2D eigenvalue weighted by Crippen LogP contribution is -2.35. The van der Waals surface area contributed by atoms with Crippen LogP contribution < -0.4 is 9.47 Å². The van der Waals surface area contributed by atoms with Gasteiger partial charge in [-0.2, -0.15) is 5.10 Å². The predicted molar refractivity (Wildman–Crippen MR) is 142 cm³/mol. The van der Waals surface area contributed by atoms with Crippen LogP contribution in [0.2, 0.25) is 0 Å². The number of aliphatic hydroxyl groups is 1. The van der Waals surface area contributed by atoms with Gasteiger partial charge in [0.1, 0.15) is 11.5 Å². The maximum Gasteiger partial charge on any atom is 0.227 e. The van der Waals surface area contributed by atoms with E-state index < -0.39 is 6.10 Å². The number of rotatable bonds is 14. The largest absolute Gasteiger partial charge is 0.497 e. The Morgan fingerprint density at radius 3 is 2.34 bits per heavy atom. The van der Waals surface area contributed by atoms with Crippen molar-refractivity contribution < 1.29 is 14.6 Å². The van der Waals surface area contributed by atoms with Crippen molar-refractivity contribution in [3.8, 4) is 23.1 Å². The molecule has 1 aromatic heterocycles. The van der Waals surface area contributed by atoms with Crippen LogP contribution in [-0.4, -0.2) is 46.1 Å². The number of benzene rings is 2. The highest BCUT2D eigenvalue weighted by molar-refractivity contribution is 5.44. The molecule has 0 aliphatic rings. The van der Waals surface area contributed by atoms with Crippen LogP contribution in [-0.2, 0) is 13.0 Å². The van der Waals surface area contributed by atoms with E-state index in [0.29, 0.717) is 37.1 Å². The van der Waals surface area contributed by atoms with Gasteiger partial charge in [0.15, 0.2) is 0 Å². The molecule has 35 heavy (non-hydrogen) atoms. The summed E-state index contributed by atoms with van der Waals surface area (Å²) in [6, 6.07) is 17.6. The minimum absolute atomic E-state index is 0.410. The third-order valence-corrected chi connectivity index (χ3v) is 5.81. The first-order chi connectivity index (χ1) is 16.9. The van der Waals surface area contributed by atoms with E-state index in [4.69, 9.17) is 14.6 Å². The van der Waals surface area contributed by atoms with Gasteiger partial charge in [-0.3, -0.25) is 4.90 Å². The van der Waals surface area contributed by atoms with Crippen LogP contribution in [0.5, 0.6) is 17.4 Å². The molecule has 1 atom stereocenters. The minimum Gasteiger partial charge on any atom is -0.497 e. The number of ether oxygens (including phenoxy) is 2. The summed E-state index contributed by atoms with van der Waals surface area (Å²) in [5.41, 5.74) is 2.98. The smallest absolute Gasteiger partial charge is 0.227 e. The number of hydrogen-bond acceptors (Lipinski definition) is 5. The van der Waals surface area contributed by atoms with Gasteiger partial charge in [-0.05, 0) is 61.6 Å². The second-order valence-corrected chi connectivity index (χ2v) is 9.22. The van der Waals surface area contributed by atoms with E-state index in [9.17, 15) is 5.11 Å². The quantitative estimate of drug-likeness (QED) is 0.288. The summed E-state index contributed by atoms with van der Waals surface area (Å²) in [5.74, 6) is 2.66. The molecule has 0 aliphatic carbocycles. The molecule has 1 N–H and O–H groups in total.